The van der Waals surface area contributed by atoms with Crippen LogP contribution in [0.1, 0.15) is 31.7 Å². The van der Waals surface area contributed by atoms with E-state index in [0.29, 0.717) is 42.9 Å². The summed E-state index contributed by atoms with van der Waals surface area (Å²) in [6.07, 6.45) is 0.454. The molecule has 0 bridgehead atoms. The van der Waals surface area contributed by atoms with Crippen LogP contribution in [0.25, 0.3) is 22.3 Å². The van der Waals surface area contributed by atoms with Gasteiger partial charge in [0, 0.05) is 17.0 Å². The van der Waals surface area contributed by atoms with E-state index in [1.807, 2.05) is 19.9 Å². The van der Waals surface area contributed by atoms with Crippen LogP contribution in [0.15, 0.2) is 54.6 Å². The minimum atomic E-state index is -1.01. The largest absolute Gasteiger partial charge is 0.490 e. The Morgan fingerprint density at radius 1 is 0.844 bits per heavy atom. The monoisotopic (exact) mass is 442 g/mol. The second-order valence-electron chi connectivity index (χ2n) is 7.84. The van der Waals surface area contributed by atoms with Crippen molar-refractivity contribution in [1.29, 1.82) is 0 Å². The third kappa shape index (κ3) is 4.66. The van der Waals surface area contributed by atoms with Crippen LogP contribution in [0.5, 0.6) is 5.75 Å². The van der Waals surface area contributed by atoms with Crippen molar-refractivity contribution in [2.24, 2.45) is 0 Å². The molecule has 1 aliphatic rings. The van der Waals surface area contributed by atoms with Crippen LogP contribution in [-0.4, -0.2) is 26.1 Å². The second kappa shape index (κ2) is 9.76. The molecule has 1 saturated heterocycles. The lowest BCUT2D eigenvalue weighted by atomic mass is 9.95. The lowest BCUT2D eigenvalue weighted by Gasteiger charge is -2.27. The quantitative estimate of drug-likeness (QED) is 0.425. The molecule has 3 nitrogen and oxygen atoms in total. The molecule has 1 heterocycles. The fourth-order valence-corrected chi connectivity index (χ4v) is 3.72. The summed E-state index contributed by atoms with van der Waals surface area (Å²) in [5.41, 5.74) is 2.51. The zero-order valence-electron chi connectivity index (χ0n) is 18.0. The molecule has 0 atom stereocenters. The van der Waals surface area contributed by atoms with E-state index in [1.54, 1.807) is 30.3 Å². The van der Waals surface area contributed by atoms with Crippen molar-refractivity contribution in [3.63, 3.8) is 0 Å². The Morgan fingerprint density at radius 2 is 1.47 bits per heavy atom. The van der Waals surface area contributed by atoms with Crippen molar-refractivity contribution in [2.45, 2.75) is 32.5 Å². The predicted molar refractivity (Wildman–Crippen MR) is 117 cm³/mol. The minimum absolute atomic E-state index is 0.0146. The minimum Gasteiger partial charge on any atom is -0.490 e. The summed E-state index contributed by atoms with van der Waals surface area (Å²) in [6.45, 7) is 5.00. The van der Waals surface area contributed by atoms with Crippen LogP contribution in [0.3, 0.4) is 0 Å². The molecule has 0 unspecified atom stereocenters. The van der Waals surface area contributed by atoms with Gasteiger partial charge in [-0.1, -0.05) is 43.3 Å². The van der Waals surface area contributed by atoms with Crippen LogP contribution in [-0.2, 0) is 9.47 Å². The average molecular weight is 442 g/mol. The first-order valence-corrected chi connectivity index (χ1v) is 10.7. The zero-order valence-corrected chi connectivity index (χ0v) is 18.0. The summed E-state index contributed by atoms with van der Waals surface area (Å²) >= 11 is 0. The van der Waals surface area contributed by atoms with Gasteiger partial charge in [-0.25, -0.2) is 8.78 Å². The van der Waals surface area contributed by atoms with E-state index in [-0.39, 0.29) is 29.3 Å². The first-order valence-electron chi connectivity index (χ1n) is 10.7. The molecule has 0 saturated carbocycles. The second-order valence-corrected chi connectivity index (χ2v) is 7.84. The standard InChI is InChI=1S/C26H25F3O3/c1-3-12-30-24-11-10-22(25(28)26(24)29)18-6-4-17(5-7-18)21-9-8-19(13-23(21)27)20-14-31-16(2)32-15-20/h4-11,13,16,20H,3,12,14-15H2,1-2H3. The van der Waals surface area contributed by atoms with Gasteiger partial charge < -0.3 is 14.2 Å². The van der Waals surface area contributed by atoms with Gasteiger partial charge in [0.05, 0.1) is 19.8 Å². The number of benzene rings is 3. The van der Waals surface area contributed by atoms with Gasteiger partial charge in [0.15, 0.2) is 17.9 Å². The third-order valence-electron chi connectivity index (χ3n) is 5.54. The van der Waals surface area contributed by atoms with Crippen molar-refractivity contribution >= 4 is 0 Å². The van der Waals surface area contributed by atoms with Crippen molar-refractivity contribution in [3.8, 4) is 28.0 Å². The molecule has 0 spiro atoms. The molecule has 0 N–H and O–H groups in total. The molecule has 0 radical (unpaired) electrons. The molecule has 1 fully saturated rings. The normalized spacial score (nSPS) is 18.5. The fourth-order valence-electron chi connectivity index (χ4n) is 3.72. The first kappa shape index (κ1) is 22.4. The number of rotatable bonds is 6. The Kier molecular flexibility index (Phi) is 6.82. The van der Waals surface area contributed by atoms with Crippen LogP contribution < -0.4 is 4.74 Å². The molecule has 0 amide bonds. The number of halogens is 3. The van der Waals surface area contributed by atoms with E-state index >= 15 is 0 Å². The molecule has 1 aliphatic heterocycles. The number of hydrogen-bond acceptors (Lipinski definition) is 3. The zero-order chi connectivity index (χ0) is 22.7. The van der Waals surface area contributed by atoms with Crippen LogP contribution in [0.2, 0.25) is 0 Å². The lowest BCUT2D eigenvalue weighted by molar-refractivity contribution is -0.176. The maximum absolute atomic E-state index is 14.8. The van der Waals surface area contributed by atoms with E-state index in [2.05, 4.69) is 0 Å². The van der Waals surface area contributed by atoms with E-state index in [1.165, 1.54) is 18.2 Å². The van der Waals surface area contributed by atoms with Crippen molar-refractivity contribution < 1.29 is 27.4 Å². The summed E-state index contributed by atoms with van der Waals surface area (Å²) in [7, 11) is 0. The Morgan fingerprint density at radius 3 is 2.09 bits per heavy atom. The number of hydrogen-bond donors (Lipinski definition) is 0. The summed E-state index contributed by atoms with van der Waals surface area (Å²) in [6, 6.07) is 14.7. The highest BCUT2D eigenvalue weighted by Crippen LogP contribution is 2.33. The first-order chi connectivity index (χ1) is 15.5. The Labute approximate surface area is 185 Å². The molecule has 3 aromatic rings. The van der Waals surface area contributed by atoms with Crippen LogP contribution in [0.4, 0.5) is 13.2 Å². The van der Waals surface area contributed by atoms with Gasteiger partial charge in [-0.15, -0.1) is 0 Å². The Hall–Kier alpha value is -2.83. The van der Waals surface area contributed by atoms with Crippen molar-refractivity contribution in [2.75, 3.05) is 19.8 Å². The van der Waals surface area contributed by atoms with Crippen molar-refractivity contribution in [3.05, 3.63) is 77.6 Å². The number of ether oxygens (including phenoxy) is 3. The summed E-state index contributed by atoms with van der Waals surface area (Å²) in [5.74, 6) is -2.45. The molecule has 0 aliphatic carbocycles. The Balaban J connectivity index is 1.55. The topological polar surface area (TPSA) is 27.7 Å². The fraction of sp³-hybridized carbons (Fsp3) is 0.308. The molecule has 3 aromatic carbocycles. The molecule has 32 heavy (non-hydrogen) atoms. The maximum Gasteiger partial charge on any atom is 0.201 e. The third-order valence-corrected chi connectivity index (χ3v) is 5.54. The molecular weight excluding hydrogens is 417 g/mol. The van der Waals surface area contributed by atoms with Crippen molar-refractivity contribution in [1.82, 2.24) is 0 Å². The highest BCUT2D eigenvalue weighted by molar-refractivity contribution is 5.71. The highest BCUT2D eigenvalue weighted by Gasteiger charge is 2.22. The highest BCUT2D eigenvalue weighted by atomic mass is 19.2. The lowest BCUT2D eigenvalue weighted by Crippen LogP contribution is -2.28. The van der Waals surface area contributed by atoms with Gasteiger partial charge in [0.2, 0.25) is 5.82 Å². The van der Waals surface area contributed by atoms with Gasteiger partial charge in [-0.2, -0.15) is 4.39 Å². The van der Waals surface area contributed by atoms with E-state index < -0.39 is 11.6 Å². The predicted octanol–water partition coefficient (Wildman–Crippen LogP) is 6.70. The van der Waals surface area contributed by atoms with Gasteiger partial charge in [0.1, 0.15) is 5.82 Å². The van der Waals surface area contributed by atoms with E-state index in [9.17, 15) is 13.2 Å². The molecule has 168 valence electrons. The van der Waals surface area contributed by atoms with E-state index in [0.717, 1.165) is 5.56 Å². The van der Waals surface area contributed by atoms with Gasteiger partial charge in [0.25, 0.3) is 0 Å². The van der Waals surface area contributed by atoms with E-state index in [4.69, 9.17) is 14.2 Å². The summed E-state index contributed by atoms with van der Waals surface area (Å²) in [5, 5.41) is 0. The average Bonchev–Trinajstić information content (AvgIpc) is 2.81. The van der Waals surface area contributed by atoms with Gasteiger partial charge in [-0.05, 0) is 48.2 Å². The molecule has 0 aromatic heterocycles. The van der Waals surface area contributed by atoms with Gasteiger partial charge in [-0.3, -0.25) is 0 Å². The van der Waals surface area contributed by atoms with Crippen LogP contribution >= 0.6 is 0 Å². The molecular formula is C26H25F3O3. The maximum atomic E-state index is 14.8. The van der Waals surface area contributed by atoms with Crippen LogP contribution in [0, 0.1) is 17.5 Å². The molecule has 6 heteroatoms. The summed E-state index contributed by atoms with van der Waals surface area (Å²) < 4.78 is 59.9. The Bertz CT molecular complexity index is 1070. The van der Waals surface area contributed by atoms with Gasteiger partial charge >= 0.3 is 0 Å². The SMILES string of the molecule is CCCOc1ccc(-c2ccc(-c3ccc(C4COC(C)OC4)cc3F)cc2)c(F)c1F. The smallest absolute Gasteiger partial charge is 0.201 e. The molecule has 4 rings (SSSR count). The summed E-state index contributed by atoms with van der Waals surface area (Å²) in [4.78, 5) is 0.